The summed E-state index contributed by atoms with van der Waals surface area (Å²) < 4.78 is 40.1. The molecule has 0 saturated heterocycles. The Kier molecular flexibility index (Phi) is 3.98. The predicted molar refractivity (Wildman–Crippen MR) is 55.4 cm³/mol. The largest absolute Gasteiger partial charge is 0.451 e. The molecule has 0 bridgehead atoms. The van der Waals surface area contributed by atoms with Crippen LogP contribution >= 0.6 is 0 Å². The van der Waals surface area contributed by atoms with Crippen molar-refractivity contribution in [3.63, 3.8) is 0 Å². The highest BCUT2D eigenvalue weighted by Crippen LogP contribution is 2.26. The van der Waals surface area contributed by atoms with Gasteiger partial charge in [0.05, 0.1) is 0 Å². The number of hydrogen-bond donors (Lipinski definition) is 1. The number of nitrogens with zero attached hydrogens (tertiary/aromatic N) is 3. The van der Waals surface area contributed by atoms with Gasteiger partial charge < -0.3 is 0 Å². The summed E-state index contributed by atoms with van der Waals surface area (Å²) in [5.74, 6) is 3.99. The zero-order valence-electron chi connectivity index (χ0n) is 8.69. The van der Waals surface area contributed by atoms with Gasteiger partial charge in [0.1, 0.15) is 0 Å². The lowest BCUT2D eigenvalue weighted by molar-refractivity contribution is -0.145. The third kappa shape index (κ3) is 2.99. The molecule has 16 heavy (non-hydrogen) atoms. The second-order valence-corrected chi connectivity index (χ2v) is 5.07. The monoisotopic (exact) mass is 252 g/mol. The summed E-state index contributed by atoms with van der Waals surface area (Å²) >= 11 is 0. The number of hydrogen-bond acceptors (Lipinski definition) is 3. The fourth-order valence-corrected chi connectivity index (χ4v) is 1.68. The zero-order valence-corrected chi connectivity index (χ0v) is 9.51. The standard InChI is InChI=1S/C8H11F3N4S/c1-5(16(2)15-12)6-3-13-7(14-4-6)8(9,10)11/h3-5H,12H2,1-2H3. The van der Waals surface area contributed by atoms with Crippen LogP contribution in [0, 0.1) is 0 Å². The number of rotatable bonds is 2. The topological polar surface area (TPSA) is 64.2 Å². The van der Waals surface area contributed by atoms with Gasteiger partial charge in [-0.05, 0) is 13.2 Å². The number of alkyl halides is 3. The van der Waals surface area contributed by atoms with Crippen LogP contribution in [0.3, 0.4) is 0 Å². The summed E-state index contributed by atoms with van der Waals surface area (Å²) in [5, 5.41) is -0.0905. The SMILES string of the molecule is CC(c1cnc(C(F)(F)F)nc1)S(C)=NN. The first kappa shape index (κ1) is 13.0. The average Bonchev–Trinajstić information content (AvgIpc) is 2.26. The maximum absolute atomic E-state index is 12.2. The van der Waals surface area contributed by atoms with E-state index in [1.165, 1.54) is 0 Å². The molecule has 0 saturated carbocycles. The molecule has 2 N–H and O–H groups in total. The first-order valence-electron chi connectivity index (χ1n) is 4.31. The Bertz CT molecular complexity index is 387. The molecule has 8 heteroatoms. The molecular formula is C8H11F3N4S. The highest BCUT2D eigenvalue weighted by atomic mass is 32.2. The lowest BCUT2D eigenvalue weighted by Gasteiger charge is -2.11. The van der Waals surface area contributed by atoms with Crippen molar-refractivity contribution < 1.29 is 13.2 Å². The molecule has 0 spiro atoms. The second-order valence-electron chi connectivity index (χ2n) is 3.11. The number of aromatic nitrogens is 2. The predicted octanol–water partition coefficient (Wildman–Crippen LogP) is 1.86. The van der Waals surface area contributed by atoms with E-state index in [-0.39, 0.29) is 5.25 Å². The van der Waals surface area contributed by atoms with Gasteiger partial charge in [0, 0.05) is 23.2 Å². The summed E-state index contributed by atoms with van der Waals surface area (Å²) in [7, 11) is -0.459. The van der Waals surface area contributed by atoms with E-state index in [0.717, 1.165) is 12.4 Å². The molecule has 4 nitrogen and oxygen atoms in total. The maximum Gasteiger partial charge on any atom is 0.451 e. The molecule has 90 valence electrons. The maximum atomic E-state index is 12.2. The van der Waals surface area contributed by atoms with Crippen molar-refractivity contribution in [3.8, 4) is 0 Å². The Labute approximate surface area is 93.2 Å². The summed E-state index contributed by atoms with van der Waals surface area (Å²) in [6, 6.07) is 0. The van der Waals surface area contributed by atoms with Gasteiger partial charge in [-0.2, -0.15) is 17.6 Å². The lowest BCUT2D eigenvalue weighted by atomic mass is 10.2. The molecule has 0 radical (unpaired) electrons. The highest BCUT2D eigenvalue weighted by Gasteiger charge is 2.34. The van der Waals surface area contributed by atoms with Gasteiger partial charge in [-0.15, -0.1) is 0 Å². The van der Waals surface area contributed by atoms with Crippen molar-refractivity contribution in [3.05, 3.63) is 23.8 Å². The Hall–Kier alpha value is -1.02. The highest BCUT2D eigenvalue weighted by molar-refractivity contribution is 7.86. The summed E-state index contributed by atoms with van der Waals surface area (Å²) in [6.45, 7) is 1.81. The van der Waals surface area contributed by atoms with Crippen molar-refractivity contribution in [2.24, 2.45) is 10.3 Å². The third-order valence-electron chi connectivity index (χ3n) is 2.07. The summed E-state index contributed by atoms with van der Waals surface area (Å²) in [4.78, 5) is 6.55. The molecule has 2 unspecified atom stereocenters. The van der Waals surface area contributed by atoms with Gasteiger partial charge in [0.15, 0.2) is 0 Å². The summed E-state index contributed by atoms with van der Waals surface area (Å²) in [5.41, 5.74) is 0.591. The van der Waals surface area contributed by atoms with Crippen molar-refractivity contribution >= 4 is 10.7 Å². The quantitative estimate of drug-likeness (QED) is 0.645. The first-order valence-corrected chi connectivity index (χ1v) is 5.96. The second kappa shape index (κ2) is 4.88. The fourth-order valence-electron chi connectivity index (χ4n) is 0.983. The van der Waals surface area contributed by atoms with Gasteiger partial charge in [0.25, 0.3) is 0 Å². The average molecular weight is 252 g/mol. The third-order valence-corrected chi connectivity index (χ3v) is 3.70. The molecule has 0 aromatic carbocycles. The van der Waals surface area contributed by atoms with E-state index in [4.69, 9.17) is 5.84 Å². The van der Waals surface area contributed by atoms with E-state index in [9.17, 15) is 13.2 Å². The van der Waals surface area contributed by atoms with E-state index in [1.54, 1.807) is 6.26 Å². The van der Waals surface area contributed by atoms with Gasteiger partial charge in [0.2, 0.25) is 5.82 Å². The molecule has 2 atom stereocenters. The molecule has 0 aliphatic rings. The lowest BCUT2D eigenvalue weighted by Crippen LogP contribution is -2.12. The number of halogens is 3. The normalized spacial score (nSPS) is 16.1. The summed E-state index contributed by atoms with van der Waals surface area (Å²) in [6.07, 6.45) is -0.388. The molecule has 0 aliphatic carbocycles. The molecule has 0 fully saturated rings. The molecule has 0 amide bonds. The Balaban J connectivity index is 2.96. The van der Waals surface area contributed by atoms with Crippen molar-refractivity contribution in [2.45, 2.75) is 18.3 Å². The van der Waals surface area contributed by atoms with E-state index < -0.39 is 22.7 Å². The van der Waals surface area contributed by atoms with Crippen LogP contribution in [0.15, 0.2) is 16.9 Å². The van der Waals surface area contributed by atoms with Gasteiger partial charge in [-0.1, -0.05) is 10.7 Å². The zero-order chi connectivity index (χ0) is 12.3. The van der Waals surface area contributed by atoms with Crippen molar-refractivity contribution in [2.75, 3.05) is 6.26 Å². The fraction of sp³-hybridized carbons (Fsp3) is 0.500. The Morgan fingerprint density at radius 2 is 1.88 bits per heavy atom. The minimum absolute atomic E-state index is 0.0905. The van der Waals surface area contributed by atoms with Crippen molar-refractivity contribution in [1.82, 2.24) is 9.97 Å². The smallest absolute Gasteiger partial charge is 0.233 e. The van der Waals surface area contributed by atoms with Crippen LogP contribution in [0.1, 0.15) is 23.6 Å². The molecule has 0 aliphatic heterocycles. The van der Waals surface area contributed by atoms with Gasteiger partial charge >= 0.3 is 6.18 Å². The van der Waals surface area contributed by atoms with Gasteiger partial charge in [-0.3, -0.25) is 0 Å². The van der Waals surface area contributed by atoms with E-state index in [0.29, 0.717) is 5.56 Å². The van der Waals surface area contributed by atoms with Crippen LogP contribution in [0.5, 0.6) is 0 Å². The molecule has 1 aromatic heterocycles. The minimum atomic E-state index is -4.51. The van der Waals surface area contributed by atoms with Crippen LogP contribution < -0.4 is 5.84 Å². The van der Waals surface area contributed by atoms with Crippen LogP contribution in [0.4, 0.5) is 13.2 Å². The molecular weight excluding hydrogens is 241 g/mol. The van der Waals surface area contributed by atoms with E-state index in [2.05, 4.69) is 14.4 Å². The Morgan fingerprint density at radius 1 is 1.38 bits per heavy atom. The molecule has 1 rings (SSSR count). The van der Waals surface area contributed by atoms with Crippen LogP contribution in [0.2, 0.25) is 0 Å². The van der Waals surface area contributed by atoms with Crippen LogP contribution in [-0.4, -0.2) is 16.2 Å². The molecule has 1 aromatic rings. The Morgan fingerprint density at radius 3 is 2.25 bits per heavy atom. The van der Waals surface area contributed by atoms with Gasteiger partial charge in [-0.25, -0.2) is 15.8 Å². The minimum Gasteiger partial charge on any atom is -0.233 e. The van der Waals surface area contributed by atoms with E-state index >= 15 is 0 Å². The number of nitrogens with two attached hydrogens (primary N) is 1. The first-order chi connectivity index (χ1) is 7.36. The van der Waals surface area contributed by atoms with E-state index in [1.807, 2.05) is 6.92 Å². The van der Waals surface area contributed by atoms with Crippen molar-refractivity contribution in [1.29, 1.82) is 0 Å². The molecule has 1 heterocycles. The van der Waals surface area contributed by atoms with Crippen LogP contribution in [-0.2, 0) is 16.9 Å². The van der Waals surface area contributed by atoms with Crippen LogP contribution in [0.25, 0.3) is 0 Å².